The number of ether oxygens (including phenoxy) is 1. The maximum Gasteiger partial charge on any atom is 0.338 e. The number of carbonyl (C=O) groups is 2. The molecule has 3 rings (SSSR count). The Morgan fingerprint density at radius 3 is 2.70 bits per heavy atom. The van der Waals surface area contributed by atoms with Crippen molar-refractivity contribution in [2.75, 3.05) is 6.61 Å². The van der Waals surface area contributed by atoms with Gasteiger partial charge in [-0.2, -0.15) is 0 Å². The Balaban J connectivity index is 1.66. The fourth-order valence-electron chi connectivity index (χ4n) is 2.36. The summed E-state index contributed by atoms with van der Waals surface area (Å²) in [7, 11) is -3.85. The first kappa shape index (κ1) is 19.1. The minimum absolute atomic E-state index is 0.00960. The van der Waals surface area contributed by atoms with Crippen molar-refractivity contribution in [3.8, 4) is 0 Å². The van der Waals surface area contributed by atoms with E-state index < -0.39 is 22.6 Å². The van der Waals surface area contributed by atoms with Crippen molar-refractivity contribution in [2.45, 2.75) is 37.2 Å². The summed E-state index contributed by atoms with van der Waals surface area (Å²) in [5, 5.41) is 2.71. The summed E-state index contributed by atoms with van der Waals surface area (Å²) < 4.78 is 37.4. The van der Waals surface area contributed by atoms with E-state index >= 15 is 0 Å². The van der Waals surface area contributed by atoms with Crippen molar-refractivity contribution in [2.24, 2.45) is 0 Å². The van der Waals surface area contributed by atoms with E-state index in [2.05, 4.69) is 10.0 Å². The van der Waals surface area contributed by atoms with E-state index in [1.165, 1.54) is 24.5 Å². The topological polar surface area (TPSA) is 115 Å². The first-order chi connectivity index (χ1) is 12.8. The molecule has 1 aliphatic carbocycles. The van der Waals surface area contributed by atoms with Gasteiger partial charge in [0, 0.05) is 6.04 Å². The van der Waals surface area contributed by atoms with Gasteiger partial charge in [0.2, 0.25) is 10.0 Å². The van der Waals surface area contributed by atoms with Gasteiger partial charge in [-0.05, 0) is 49.6 Å². The number of amides is 1. The number of carbonyl (C=O) groups excluding carboxylic acids is 2. The van der Waals surface area contributed by atoms with Crippen LogP contribution in [0, 0.1) is 6.92 Å². The quantitative estimate of drug-likeness (QED) is 0.658. The van der Waals surface area contributed by atoms with Crippen LogP contribution in [0.15, 0.2) is 45.9 Å². The van der Waals surface area contributed by atoms with E-state index in [0.717, 1.165) is 12.8 Å². The number of hydrogen-bond donors (Lipinski definition) is 2. The number of sulfonamides is 1. The van der Waals surface area contributed by atoms with Crippen LogP contribution >= 0.6 is 0 Å². The third kappa shape index (κ3) is 5.18. The fourth-order valence-corrected chi connectivity index (χ4v) is 3.38. The number of rotatable bonds is 8. The zero-order chi connectivity index (χ0) is 19.4. The molecule has 1 saturated carbocycles. The zero-order valence-electron chi connectivity index (χ0n) is 14.7. The predicted octanol–water partition coefficient (Wildman–Crippen LogP) is 1.50. The van der Waals surface area contributed by atoms with Crippen LogP contribution < -0.4 is 10.0 Å². The molecule has 1 aromatic heterocycles. The number of nitrogens with one attached hydrogen (secondary N) is 2. The van der Waals surface area contributed by atoms with Gasteiger partial charge in [-0.3, -0.25) is 4.79 Å². The Morgan fingerprint density at radius 2 is 2.04 bits per heavy atom. The van der Waals surface area contributed by atoms with Gasteiger partial charge in [0.15, 0.2) is 6.61 Å². The van der Waals surface area contributed by atoms with Crippen LogP contribution in [0.1, 0.15) is 34.5 Å². The van der Waals surface area contributed by atoms with Crippen LogP contribution in [0.4, 0.5) is 0 Å². The standard InChI is InChI=1S/C18H20N2O6S/c1-12-4-7-15(27(23,24)19-10-14-3-2-8-25-14)9-16(12)18(22)26-11-17(21)20-13-5-6-13/h2-4,7-9,13,19H,5-6,10-11H2,1H3,(H,20,21). The molecule has 1 fully saturated rings. The molecule has 1 heterocycles. The molecule has 0 spiro atoms. The molecule has 144 valence electrons. The van der Waals surface area contributed by atoms with Crippen LogP contribution in [0.25, 0.3) is 0 Å². The van der Waals surface area contributed by atoms with E-state index in [1.807, 2.05) is 0 Å². The van der Waals surface area contributed by atoms with Gasteiger partial charge in [-0.25, -0.2) is 17.9 Å². The van der Waals surface area contributed by atoms with Gasteiger partial charge in [0.05, 0.1) is 23.3 Å². The Bertz CT molecular complexity index is 933. The van der Waals surface area contributed by atoms with Crippen LogP contribution in [-0.2, 0) is 26.1 Å². The summed E-state index contributed by atoms with van der Waals surface area (Å²) >= 11 is 0. The molecular weight excluding hydrogens is 372 g/mol. The van der Waals surface area contributed by atoms with Crippen molar-refractivity contribution in [3.05, 3.63) is 53.5 Å². The zero-order valence-corrected chi connectivity index (χ0v) is 15.5. The molecular formula is C18H20N2O6S. The van der Waals surface area contributed by atoms with Gasteiger partial charge in [0.1, 0.15) is 5.76 Å². The van der Waals surface area contributed by atoms with Crippen molar-refractivity contribution >= 4 is 21.9 Å². The van der Waals surface area contributed by atoms with E-state index in [9.17, 15) is 18.0 Å². The molecule has 0 bridgehead atoms. The second-order valence-corrected chi connectivity index (χ2v) is 8.07. The minimum Gasteiger partial charge on any atom is -0.468 e. The molecule has 1 aromatic carbocycles. The summed E-state index contributed by atoms with van der Waals surface area (Å²) in [5.74, 6) is -0.652. The highest BCUT2D eigenvalue weighted by atomic mass is 32.2. The summed E-state index contributed by atoms with van der Waals surface area (Å²) in [6, 6.07) is 7.63. The lowest BCUT2D eigenvalue weighted by molar-refractivity contribution is -0.124. The highest BCUT2D eigenvalue weighted by molar-refractivity contribution is 7.89. The normalized spacial score (nSPS) is 14.0. The van der Waals surface area contributed by atoms with Crippen LogP contribution in [-0.4, -0.2) is 32.9 Å². The summed E-state index contributed by atoms with van der Waals surface area (Å²) in [4.78, 5) is 23.8. The Morgan fingerprint density at radius 1 is 1.26 bits per heavy atom. The summed E-state index contributed by atoms with van der Waals surface area (Å²) in [6.45, 7) is 1.25. The molecule has 0 unspecified atom stereocenters. The molecule has 1 amide bonds. The van der Waals surface area contributed by atoms with Crippen molar-refractivity contribution in [3.63, 3.8) is 0 Å². The van der Waals surface area contributed by atoms with Gasteiger partial charge in [-0.1, -0.05) is 6.07 Å². The van der Waals surface area contributed by atoms with Gasteiger partial charge in [-0.15, -0.1) is 0 Å². The molecule has 0 atom stereocenters. The van der Waals surface area contributed by atoms with E-state index in [-0.39, 0.29) is 29.0 Å². The molecule has 27 heavy (non-hydrogen) atoms. The monoisotopic (exact) mass is 392 g/mol. The van der Waals surface area contributed by atoms with E-state index in [0.29, 0.717) is 11.3 Å². The molecule has 2 N–H and O–H groups in total. The lowest BCUT2D eigenvalue weighted by Crippen LogP contribution is -2.30. The Hall–Kier alpha value is -2.65. The number of benzene rings is 1. The first-order valence-electron chi connectivity index (χ1n) is 8.44. The Labute approximate surface area is 156 Å². The lowest BCUT2D eigenvalue weighted by Gasteiger charge is -2.10. The van der Waals surface area contributed by atoms with E-state index in [4.69, 9.17) is 9.15 Å². The van der Waals surface area contributed by atoms with Crippen LogP contribution in [0.3, 0.4) is 0 Å². The fraction of sp³-hybridized carbons (Fsp3) is 0.333. The highest BCUT2D eigenvalue weighted by Gasteiger charge is 2.24. The average molecular weight is 392 g/mol. The van der Waals surface area contributed by atoms with Gasteiger partial charge >= 0.3 is 5.97 Å². The molecule has 9 heteroatoms. The van der Waals surface area contributed by atoms with Crippen molar-refractivity contribution < 1.29 is 27.2 Å². The molecule has 8 nitrogen and oxygen atoms in total. The smallest absolute Gasteiger partial charge is 0.338 e. The first-order valence-corrected chi connectivity index (χ1v) is 9.92. The van der Waals surface area contributed by atoms with Crippen molar-refractivity contribution in [1.29, 1.82) is 0 Å². The molecule has 0 radical (unpaired) electrons. The predicted molar refractivity (Wildman–Crippen MR) is 95.4 cm³/mol. The summed E-state index contributed by atoms with van der Waals surface area (Å²) in [6.07, 6.45) is 3.32. The van der Waals surface area contributed by atoms with Gasteiger partial charge < -0.3 is 14.5 Å². The van der Waals surface area contributed by atoms with Crippen molar-refractivity contribution in [1.82, 2.24) is 10.0 Å². The largest absolute Gasteiger partial charge is 0.468 e. The molecule has 0 aliphatic heterocycles. The highest BCUT2D eigenvalue weighted by Crippen LogP contribution is 2.19. The third-order valence-corrected chi connectivity index (χ3v) is 5.43. The van der Waals surface area contributed by atoms with Crippen LogP contribution in [0.5, 0.6) is 0 Å². The van der Waals surface area contributed by atoms with Gasteiger partial charge in [0.25, 0.3) is 5.91 Å². The maximum absolute atomic E-state index is 12.4. The third-order valence-electron chi connectivity index (χ3n) is 4.03. The number of furan rings is 1. The number of hydrogen-bond acceptors (Lipinski definition) is 6. The molecule has 1 aliphatic rings. The number of esters is 1. The van der Waals surface area contributed by atoms with Crippen LogP contribution in [0.2, 0.25) is 0 Å². The minimum atomic E-state index is -3.85. The molecule has 0 saturated heterocycles. The van der Waals surface area contributed by atoms with E-state index in [1.54, 1.807) is 19.1 Å². The average Bonchev–Trinajstić information content (AvgIpc) is 3.28. The SMILES string of the molecule is Cc1ccc(S(=O)(=O)NCc2ccco2)cc1C(=O)OCC(=O)NC1CC1. The molecule has 2 aromatic rings. The maximum atomic E-state index is 12.4. The number of aryl methyl sites for hydroxylation is 1. The summed E-state index contributed by atoms with van der Waals surface area (Å²) in [5.41, 5.74) is 0.641. The Kier molecular flexibility index (Phi) is 5.62. The lowest BCUT2D eigenvalue weighted by atomic mass is 10.1. The second kappa shape index (κ2) is 7.93. The second-order valence-electron chi connectivity index (χ2n) is 6.30.